The van der Waals surface area contributed by atoms with Crippen LogP contribution in [0, 0.1) is 5.41 Å². The largest absolute Gasteiger partial charge is 0.508 e. The fourth-order valence-corrected chi connectivity index (χ4v) is 2.36. The second-order valence-electron chi connectivity index (χ2n) is 6.04. The maximum absolute atomic E-state index is 12.4. The summed E-state index contributed by atoms with van der Waals surface area (Å²) in [6.45, 7) is 1.05. The Morgan fingerprint density at radius 3 is 2.14 bits per heavy atom. The van der Waals surface area contributed by atoms with Gasteiger partial charge in [-0.15, -0.1) is 0 Å². The first kappa shape index (κ1) is 21.6. The van der Waals surface area contributed by atoms with Crippen LogP contribution in [-0.4, -0.2) is 53.1 Å². The van der Waals surface area contributed by atoms with Crippen molar-refractivity contribution in [1.29, 1.82) is 5.41 Å². The van der Waals surface area contributed by atoms with E-state index in [9.17, 15) is 19.5 Å². The van der Waals surface area contributed by atoms with Gasteiger partial charge in [0, 0.05) is 16.7 Å². The molecule has 2 aromatic carbocycles. The number of ketones is 1. The molecule has 0 aliphatic carbocycles. The molecule has 0 bridgehead atoms. The van der Waals surface area contributed by atoms with Gasteiger partial charge in [0.25, 0.3) is 5.91 Å². The predicted molar refractivity (Wildman–Crippen MR) is 104 cm³/mol. The van der Waals surface area contributed by atoms with Crippen LogP contribution in [0.15, 0.2) is 48.5 Å². The molecule has 1 atom stereocenters. The Hall–Kier alpha value is -3.72. The van der Waals surface area contributed by atoms with Crippen LogP contribution >= 0.6 is 0 Å². The van der Waals surface area contributed by atoms with Gasteiger partial charge >= 0.3 is 6.09 Å². The molecule has 0 unspecified atom stereocenters. The molecule has 0 saturated heterocycles. The number of carbonyl (C=O) groups excluding carboxylic acids is 3. The number of hydrogen-bond donors (Lipinski definition) is 5. The van der Waals surface area contributed by atoms with Gasteiger partial charge in [0.05, 0.1) is 12.6 Å². The molecule has 29 heavy (non-hydrogen) atoms. The second kappa shape index (κ2) is 10.00. The molecule has 0 spiro atoms. The SMILES string of the molecule is C[C@H](NC(=O)c1ccc(C(=N)NC(=O)OCCO)cc1)C(=O)c1ccc(O)cc1. The van der Waals surface area contributed by atoms with Gasteiger partial charge in [0.1, 0.15) is 18.2 Å². The van der Waals surface area contributed by atoms with Gasteiger partial charge in [-0.05, 0) is 43.3 Å². The topological polar surface area (TPSA) is 149 Å². The summed E-state index contributed by atoms with van der Waals surface area (Å²) in [4.78, 5) is 36.1. The minimum absolute atomic E-state index is 0.0417. The number of Topliss-reactive ketones (excluding diaryl/α,β-unsaturated/α-hetero) is 1. The van der Waals surface area contributed by atoms with E-state index in [1.807, 2.05) is 0 Å². The molecular weight excluding hydrogens is 378 g/mol. The highest BCUT2D eigenvalue weighted by Gasteiger charge is 2.18. The second-order valence-corrected chi connectivity index (χ2v) is 6.04. The van der Waals surface area contributed by atoms with Crippen molar-refractivity contribution in [2.75, 3.05) is 13.2 Å². The van der Waals surface area contributed by atoms with E-state index in [1.165, 1.54) is 48.5 Å². The molecule has 5 N–H and O–H groups in total. The predicted octanol–water partition coefficient (Wildman–Crippen LogP) is 1.44. The van der Waals surface area contributed by atoms with Crippen molar-refractivity contribution in [3.05, 3.63) is 65.2 Å². The third-order valence-electron chi connectivity index (χ3n) is 3.88. The summed E-state index contributed by atoms with van der Waals surface area (Å²) in [6, 6.07) is 10.8. The van der Waals surface area contributed by atoms with E-state index >= 15 is 0 Å². The van der Waals surface area contributed by atoms with Gasteiger partial charge in [-0.1, -0.05) is 12.1 Å². The normalized spacial score (nSPS) is 11.2. The molecule has 9 nitrogen and oxygen atoms in total. The maximum atomic E-state index is 12.4. The number of aliphatic hydroxyl groups is 1. The quantitative estimate of drug-likeness (QED) is 0.270. The van der Waals surface area contributed by atoms with Crippen molar-refractivity contribution in [1.82, 2.24) is 10.6 Å². The third-order valence-corrected chi connectivity index (χ3v) is 3.88. The van der Waals surface area contributed by atoms with Crippen molar-refractivity contribution >= 4 is 23.6 Å². The van der Waals surface area contributed by atoms with Crippen LogP contribution in [0.5, 0.6) is 5.75 Å². The number of phenols is 1. The van der Waals surface area contributed by atoms with Crippen LogP contribution < -0.4 is 10.6 Å². The first-order valence-corrected chi connectivity index (χ1v) is 8.69. The van der Waals surface area contributed by atoms with Gasteiger partial charge in [-0.25, -0.2) is 4.79 Å². The average Bonchev–Trinajstić information content (AvgIpc) is 2.72. The number of alkyl carbamates (subject to hydrolysis) is 1. The minimum atomic E-state index is -0.868. The highest BCUT2D eigenvalue weighted by Crippen LogP contribution is 2.12. The lowest BCUT2D eigenvalue weighted by Crippen LogP contribution is -2.38. The molecule has 2 amide bonds. The van der Waals surface area contributed by atoms with E-state index in [0.717, 1.165) is 0 Å². The number of amidine groups is 1. The summed E-state index contributed by atoms with van der Waals surface area (Å²) < 4.78 is 4.60. The minimum Gasteiger partial charge on any atom is -0.508 e. The monoisotopic (exact) mass is 399 g/mol. The number of ether oxygens (including phenoxy) is 1. The van der Waals surface area contributed by atoms with Crippen molar-refractivity contribution in [2.24, 2.45) is 0 Å². The number of aliphatic hydroxyl groups excluding tert-OH is 1. The summed E-state index contributed by atoms with van der Waals surface area (Å²) >= 11 is 0. The number of rotatable bonds is 7. The molecule has 0 heterocycles. The number of hydrogen-bond acceptors (Lipinski definition) is 7. The van der Waals surface area contributed by atoms with E-state index in [-0.39, 0.29) is 36.1 Å². The van der Waals surface area contributed by atoms with Gasteiger partial charge in [-0.3, -0.25) is 20.3 Å². The lowest BCUT2D eigenvalue weighted by molar-refractivity contribution is 0.0865. The van der Waals surface area contributed by atoms with Gasteiger partial charge in [0.15, 0.2) is 5.78 Å². The molecular formula is C20H21N3O6. The third kappa shape index (κ3) is 6.15. The Kier molecular flexibility index (Phi) is 7.44. The molecule has 152 valence electrons. The summed E-state index contributed by atoms with van der Waals surface area (Å²) in [5, 5.41) is 30.5. The van der Waals surface area contributed by atoms with Crippen LogP contribution in [0.1, 0.15) is 33.2 Å². The van der Waals surface area contributed by atoms with E-state index in [4.69, 9.17) is 10.5 Å². The van der Waals surface area contributed by atoms with E-state index in [2.05, 4.69) is 15.4 Å². The van der Waals surface area contributed by atoms with E-state index < -0.39 is 18.0 Å². The fourth-order valence-electron chi connectivity index (χ4n) is 2.36. The highest BCUT2D eigenvalue weighted by molar-refractivity contribution is 6.06. The summed E-state index contributed by atoms with van der Waals surface area (Å²) in [7, 11) is 0. The molecule has 0 aliphatic heterocycles. The first-order valence-electron chi connectivity index (χ1n) is 8.69. The van der Waals surface area contributed by atoms with Crippen LogP contribution in [0.4, 0.5) is 4.79 Å². The number of aromatic hydroxyl groups is 1. The van der Waals surface area contributed by atoms with Gasteiger partial charge < -0.3 is 20.3 Å². The number of carbonyl (C=O) groups is 3. The Morgan fingerprint density at radius 1 is 1.00 bits per heavy atom. The Bertz CT molecular complexity index is 893. The first-order chi connectivity index (χ1) is 13.8. The summed E-state index contributed by atoms with van der Waals surface area (Å²) in [5.74, 6) is -0.962. The number of benzene rings is 2. The zero-order valence-corrected chi connectivity index (χ0v) is 15.6. The van der Waals surface area contributed by atoms with Crippen LogP contribution in [-0.2, 0) is 4.74 Å². The number of amides is 2. The standard InChI is InChI=1S/C20H21N3O6/c1-12(17(26)13-6-8-16(25)9-7-13)22-19(27)15-4-2-14(3-5-15)18(21)23-20(28)29-11-10-24/h2-9,12,24-25H,10-11H2,1H3,(H,22,27)(H2,21,23,28)/t12-/m0/s1. The molecule has 0 saturated carbocycles. The van der Waals surface area contributed by atoms with Crippen LogP contribution in [0.25, 0.3) is 0 Å². The highest BCUT2D eigenvalue weighted by atomic mass is 16.6. The lowest BCUT2D eigenvalue weighted by atomic mass is 10.0. The Balaban J connectivity index is 1.95. The summed E-state index contributed by atoms with van der Waals surface area (Å²) in [5.41, 5.74) is 0.976. The molecule has 2 aromatic rings. The summed E-state index contributed by atoms with van der Waals surface area (Å²) in [6.07, 6.45) is -0.868. The maximum Gasteiger partial charge on any atom is 0.412 e. The van der Waals surface area contributed by atoms with Crippen LogP contribution in [0.3, 0.4) is 0 Å². The lowest BCUT2D eigenvalue weighted by Gasteiger charge is -2.13. The molecule has 0 fully saturated rings. The van der Waals surface area contributed by atoms with E-state index in [0.29, 0.717) is 11.1 Å². The van der Waals surface area contributed by atoms with Gasteiger partial charge in [-0.2, -0.15) is 0 Å². The molecule has 2 rings (SSSR count). The molecule has 0 radical (unpaired) electrons. The van der Waals surface area contributed by atoms with Crippen molar-refractivity contribution < 1.29 is 29.3 Å². The zero-order valence-electron chi connectivity index (χ0n) is 15.6. The molecule has 0 aliphatic rings. The van der Waals surface area contributed by atoms with Crippen molar-refractivity contribution in [3.63, 3.8) is 0 Å². The number of phenolic OH excluding ortho intramolecular Hbond substituents is 1. The Labute approximate surface area is 166 Å². The van der Waals surface area contributed by atoms with E-state index in [1.54, 1.807) is 6.92 Å². The van der Waals surface area contributed by atoms with Crippen LogP contribution in [0.2, 0.25) is 0 Å². The molecule has 0 aromatic heterocycles. The Morgan fingerprint density at radius 2 is 1.55 bits per heavy atom. The molecule has 9 heteroatoms. The smallest absolute Gasteiger partial charge is 0.412 e. The van der Waals surface area contributed by atoms with Crippen molar-refractivity contribution in [2.45, 2.75) is 13.0 Å². The average molecular weight is 399 g/mol. The fraction of sp³-hybridized carbons (Fsp3) is 0.200. The number of nitrogens with one attached hydrogen (secondary N) is 3. The van der Waals surface area contributed by atoms with Gasteiger partial charge in [0.2, 0.25) is 0 Å². The zero-order chi connectivity index (χ0) is 21.4. The van der Waals surface area contributed by atoms with Crippen molar-refractivity contribution in [3.8, 4) is 5.75 Å².